The van der Waals surface area contributed by atoms with Crippen LogP contribution in [-0.4, -0.2) is 46.0 Å². The van der Waals surface area contributed by atoms with Gasteiger partial charge in [0.1, 0.15) is 5.65 Å². The number of hydrogen-bond acceptors (Lipinski definition) is 4. The average molecular weight is 347 g/mol. The molecule has 26 heavy (non-hydrogen) atoms. The number of hydrogen-bond donors (Lipinski definition) is 2. The molecule has 130 valence electrons. The zero-order valence-electron chi connectivity index (χ0n) is 14.2. The largest absolute Gasteiger partial charge is 0.493 e. The second-order valence-corrected chi connectivity index (χ2v) is 6.95. The van der Waals surface area contributed by atoms with Crippen LogP contribution in [0, 0.1) is 0 Å². The molecule has 0 aliphatic carbocycles. The molecule has 2 aliphatic heterocycles. The Balaban J connectivity index is 1.46. The number of nitrogens with one attached hydrogen (secondary N) is 1. The van der Waals surface area contributed by atoms with Crippen LogP contribution < -0.4 is 5.46 Å². The number of benzene rings is 1. The van der Waals surface area contributed by atoms with Crippen molar-refractivity contribution in [1.29, 1.82) is 0 Å². The SMILES string of the molecule is O=C(c1ccccc1)N1CCC2(CC1)OB(O)c1cnc3[nH]ccc3c12. The van der Waals surface area contributed by atoms with Gasteiger partial charge in [0.05, 0.1) is 5.60 Å². The van der Waals surface area contributed by atoms with Crippen LogP contribution in [0.3, 0.4) is 0 Å². The van der Waals surface area contributed by atoms with E-state index < -0.39 is 12.7 Å². The van der Waals surface area contributed by atoms with Gasteiger partial charge in [0, 0.05) is 41.9 Å². The van der Waals surface area contributed by atoms with Gasteiger partial charge in [-0.25, -0.2) is 4.98 Å². The molecule has 7 heteroatoms. The van der Waals surface area contributed by atoms with Crippen molar-refractivity contribution in [3.8, 4) is 0 Å². The monoisotopic (exact) mass is 347 g/mol. The first kappa shape index (κ1) is 15.6. The van der Waals surface area contributed by atoms with E-state index in [9.17, 15) is 9.82 Å². The maximum atomic E-state index is 12.7. The standard InChI is InChI=1S/C19H18BN3O3/c24-18(13-4-2-1-3-5-13)23-10-7-19(8-11-23)16-14-6-9-21-17(14)22-12-15(16)20(25)26-19/h1-6,9,12,25H,7-8,10-11H2,(H,21,22). The van der Waals surface area contributed by atoms with E-state index in [2.05, 4.69) is 9.97 Å². The summed E-state index contributed by atoms with van der Waals surface area (Å²) in [5.74, 6) is 0.0424. The molecule has 2 aliphatic rings. The number of piperidine rings is 1. The highest BCUT2D eigenvalue weighted by Gasteiger charge is 2.50. The Morgan fingerprint density at radius 1 is 1.23 bits per heavy atom. The fourth-order valence-electron chi connectivity index (χ4n) is 4.26. The Labute approximate surface area is 150 Å². The number of amides is 1. The number of likely N-dealkylation sites (tertiary alicyclic amines) is 1. The molecule has 4 heterocycles. The first-order valence-corrected chi connectivity index (χ1v) is 8.85. The van der Waals surface area contributed by atoms with E-state index in [4.69, 9.17) is 4.65 Å². The number of carbonyl (C=O) groups excluding carboxylic acids is 1. The number of aromatic nitrogens is 2. The van der Waals surface area contributed by atoms with Gasteiger partial charge >= 0.3 is 7.12 Å². The van der Waals surface area contributed by atoms with Crippen LogP contribution >= 0.6 is 0 Å². The van der Waals surface area contributed by atoms with E-state index >= 15 is 0 Å². The van der Waals surface area contributed by atoms with Crippen LogP contribution in [0.15, 0.2) is 48.8 Å². The van der Waals surface area contributed by atoms with E-state index in [-0.39, 0.29) is 5.91 Å². The summed E-state index contributed by atoms with van der Waals surface area (Å²) in [5, 5.41) is 11.4. The number of nitrogens with zero attached hydrogens (tertiary/aromatic N) is 2. The summed E-state index contributed by atoms with van der Waals surface area (Å²) in [4.78, 5) is 22.1. The fraction of sp³-hybridized carbons (Fsp3) is 0.263. The molecule has 5 rings (SSSR count). The van der Waals surface area contributed by atoms with Crippen LogP contribution in [0.2, 0.25) is 0 Å². The van der Waals surface area contributed by atoms with Gasteiger partial charge in [-0.3, -0.25) is 4.79 Å². The van der Waals surface area contributed by atoms with Crippen LogP contribution in [0.5, 0.6) is 0 Å². The molecule has 0 unspecified atom stereocenters. The minimum absolute atomic E-state index is 0.0424. The molecular formula is C19H18BN3O3. The maximum absolute atomic E-state index is 12.7. The molecule has 0 saturated carbocycles. The lowest BCUT2D eigenvalue weighted by Gasteiger charge is -2.40. The normalized spacial score (nSPS) is 18.5. The van der Waals surface area contributed by atoms with Crippen molar-refractivity contribution in [2.24, 2.45) is 0 Å². The Morgan fingerprint density at radius 2 is 2.00 bits per heavy atom. The van der Waals surface area contributed by atoms with Crippen molar-refractivity contribution >= 4 is 29.5 Å². The molecule has 1 amide bonds. The highest BCUT2D eigenvalue weighted by molar-refractivity contribution is 6.62. The highest BCUT2D eigenvalue weighted by atomic mass is 16.5. The van der Waals surface area contributed by atoms with Crippen molar-refractivity contribution in [3.05, 3.63) is 59.9 Å². The smallest absolute Gasteiger partial charge is 0.423 e. The van der Waals surface area contributed by atoms with E-state index in [1.54, 1.807) is 6.20 Å². The average Bonchev–Trinajstić information content (AvgIpc) is 3.25. The summed E-state index contributed by atoms with van der Waals surface area (Å²) in [6.07, 6.45) is 4.85. The van der Waals surface area contributed by atoms with Gasteiger partial charge in [0.25, 0.3) is 5.91 Å². The molecular weight excluding hydrogens is 329 g/mol. The molecule has 1 fully saturated rings. The Kier molecular flexibility index (Phi) is 3.41. The minimum atomic E-state index is -0.965. The van der Waals surface area contributed by atoms with Gasteiger partial charge in [-0.1, -0.05) is 18.2 Å². The molecule has 0 bridgehead atoms. The summed E-state index contributed by atoms with van der Waals surface area (Å²) in [6.45, 7) is 1.18. The molecule has 1 spiro atoms. The Bertz CT molecular complexity index is 980. The molecule has 2 N–H and O–H groups in total. The number of fused-ring (bicyclic) bond motifs is 4. The van der Waals surface area contributed by atoms with Crippen molar-refractivity contribution < 1.29 is 14.5 Å². The minimum Gasteiger partial charge on any atom is -0.423 e. The zero-order chi connectivity index (χ0) is 17.7. The lowest BCUT2D eigenvalue weighted by atomic mass is 9.76. The lowest BCUT2D eigenvalue weighted by molar-refractivity contribution is -0.00147. The summed E-state index contributed by atoms with van der Waals surface area (Å²) in [6, 6.07) is 11.3. The summed E-state index contributed by atoms with van der Waals surface area (Å²) < 4.78 is 6.04. The van der Waals surface area contributed by atoms with Crippen molar-refractivity contribution in [2.45, 2.75) is 18.4 Å². The van der Waals surface area contributed by atoms with E-state index in [0.29, 0.717) is 31.5 Å². The van der Waals surface area contributed by atoms with Gasteiger partial charge in [-0.2, -0.15) is 0 Å². The molecule has 0 atom stereocenters. The molecule has 3 aromatic rings. The number of aromatic amines is 1. The molecule has 1 saturated heterocycles. The second-order valence-electron chi connectivity index (χ2n) is 6.95. The van der Waals surface area contributed by atoms with E-state index in [1.807, 2.05) is 47.5 Å². The molecule has 0 radical (unpaired) electrons. The molecule has 6 nitrogen and oxygen atoms in total. The fourth-order valence-corrected chi connectivity index (χ4v) is 4.26. The van der Waals surface area contributed by atoms with E-state index in [1.165, 1.54) is 0 Å². The molecule has 1 aromatic carbocycles. The van der Waals surface area contributed by atoms with E-state index in [0.717, 1.165) is 22.1 Å². The van der Waals surface area contributed by atoms with Crippen LogP contribution in [0.1, 0.15) is 28.8 Å². The van der Waals surface area contributed by atoms with Crippen LogP contribution in [0.25, 0.3) is 11.0 Å². The van der Waals surface area contributed by atoms with Crippen molar-refractivity contribution in [3.63, 3.8) is 0 Å². The highest BCUT2D eigenvalue weighted by Crippen LogP contribution is 2.43. The van der Waals surface area contributed by atoms with Gasteiger partial charge < -0.3 is 19.6 Å². The van der Waals surface area contributed by atoms with Gasteiger partial charge in [0.15, 0.2) is 0 Å². The van der Waals surface area contributed by atoms with Crippen LogP contribution in [0.4, 0.5) is 0 Å². The Hall–Kier alpha value is -2.64. The number of rotatable bonds is 1. The number of H-pyrrole nitrogens is 1. The van der Waals surface area contributed by atoms with Gasteiger partial charge in [0.2, 0.25) is 0 Å². The predicted molar refractivity (Wildman–Crippen MR) is 98.0 cm³/mol. The predicted octanol–water partition coefficient (Wildman–Crippen LogP) is 1.41. The van der Waals surface area contributed by atoms with Crippen molar-refractivity contribution in [2.75, 3.05) is 13.1 Å². The second kappa shape index (κ2) is 5.69. The lowest BCUT2D eigenvalue weighted by Crippen LogP contribution is -2.46. The number of pyridine rings is 1. The number of carbonyl (C=O) groups is 1. The third-order valence-corrected chi connectivity index (χ3v) is 5.55. The summed E-state index contributed by atoms with van der Waals surface area (Å²) in [7, 11) is -0.965. The third kappa shape index (κ3) is 2.21. The zero-order valence-corrected chi connectivity index (χ0v) is 14.2. The third-order valence-electron chi connectivity index (χ3n) is 5.55. The summed E-state index contributed by atoms with van der Waals surface area (Å²) in [5.41, 5.74) is 2.69. The Morgan fingerprint density at radius 3 is 2.77 bits per heavy atom. The van der Waals surface area contributed by atoms with Gasteiger partial charge in [-0.05, 0) is 36.6 Å². The van der Waals surface area contributed by atoms with Gasteiger partial charge in [-0.15, -0.1) is 0 Å². The summed E-state index contributed by atoms with van der Waals surface area (Å²) >= 11 is 0. The van der Waals surface area contributed by atoms with Crippen LogP contribution in [-0.2, 0) is 10.3 Å². The molecule has 2 aromatic heterocycles. The first-order chi connectivity index (χ1) is 12.7. The first-order valence-electron chi connectivity index (χ1n) is 8.85. The quantitative estimate of drug-likeness (QED) is 0.653. The maximum Gasteiger partial charge on any atom is 0.493 e. The van der Waals surface area contributed by atoms with Crippen molar-refractivity contribution in [1.82, 2.24) is 14.9 Å². The topological polar surface area (TPSA) is 78.5 Å².